The van der Waals surface area contributed by atoms with E-state index in [1.54, 1.807) is 32.0 Å². The van der Waals surface area contributed by atoms with Crippen LogP contribution in [-0.4, -0.2) is 25.7 Å². The number of ether oxygens (including phenoxy) is 2. The Morgan fingerprint density at radius 2 is 2.17 bits per heavy atom. The summed E-state index contributed by atoms with van der Waals surface area (Å²) in [5, 5.41) is 3.61. The maximum atomic E-state index is 11.4. The molecule has 0 unspecified atom stereocenters. The summed E-state index contributed by atoms with van der Waals surface area (Å²) >= 11 is 6.07. The molecular formula is C13H18ClNO3. The molecule has 18 heavy (non-hydrogen) atoms. The van der Waals surface area contributed by atoms with Crippen LogP contribution in [0.4, 0.5) is 0 Å². The minimum Gasteiger partial charge on any atom is -0.482 e. The Hall–Kier alpha value is -1.26. The summed E-state index contributed by atoms with van der Waals surface area (Å²) < 4.78 is 10.4. The predicted octanol–water partition coefficient (Wildman–Crippen LogP) is 2.39. The Balaban J connectivity index is 2.66. The lowest BCUT2D eigenvalue weighted by molar-refractivity contribution is -0.149. The number of hydrogen-bond donors (Lipinski definition) is 1. The molecule has 100 valence electrons. The first kappa shape index (κ1) is 14.8. The molecule has 0 saturated carbocycles. The van der Waals surface area contributed by atoms with E-state index in [2.05, 4.69) is 5.32 Å². The van der Waals surface area contributed by atoms with Gasteiger partial charge in [0.05, 0.1) is 6.10 Å². The molecule has 0 aromatic heterocycles. The Bertz CT molecular complexity index is 407. The van der Waals surface area contributed by atoms with Gasteiger partial charge in [-0.1, -0.05) is 17.7 Å². The van der Waals surface area contributed by atoms with Gasteiger partial charge < -0.3 is 14.8 Å². The third-order valence-corrected chi connectivity index (χ3v) is 2.50. The highest BCUT2D eigenvalue weighted by Gasteiger charge is 2.11. The fourth-order valence-corrected chi connectivity index (χ4v) is 1.69. The molecule has 0 bridgehead atoms. The van der Waals surface area contributed by atoms with Crippen molar-refractivity contribution < 1.29 is 14.3 Å². The van der Waals surface area contributed by atoms with Crippen LogP contribution >= 0.6 is 11.6 Å². The third-order valence-electron chi connectivity index (χ3n) is 2.14. The largest absolute Gasteiger partial charge is 0.482 e. The van der Waals surface area contributed by atoms with E-state index in [0.29, 0.717) is 17.3 Å². The van der Waals surface area contributed by atoms with Gasteiger partial charge in [-0.15, -0.1) is 0 Å². The molecule has 0 spiro atoms. The maximum Gasteiger partial charge on any atom is 0.344 e. The van der Waals surface area contributed by atoms with Crippen LogP contribution in [0, 0.1) is 0 Å². The van der Waals surface area contributed by atoms with Gasteiger partial charge in [-0.05, 0) is 33.0 Å². The highest BCUT2D eigenvalue weighted by molar-refractivity contribution is 6.31. The maximum absolute atomic E-state index is 11.4. The molecule has 5 heteroatoms. The van der Waals surface area contributed by atoms with E-state index in [1.165, 1.54) is 0 Å². The number of halogens is 1. The van der Waals surface area contributed by atoms with Crippen LogP contribution < -0.4 is 10.1 Å². The first-order valence-corrected chi connectivity index (χ1v) is 6.16. The van der Waals surface area contributed by atoms with Crippen LogP contribution in [0.2, 0.25) is 5.02 Å². The standard InChI is InChI=1S/C13H18ClNO3/c1-9(2)18-13(16)8-17-12-6-4-5-11(14)10(12)7-15-3/h4-6,9,15H,7-8H2,1-3H3. The van der Waals surface area contributed by atoms with E-state index in [4.69, 9.17) is 21.1 Å². The zero-order valence-electron chi connectivity index (χ0n) is 10.8. The van der Waals surface area contributed by atoms with E-state index in [-0.39, 0.29) is 18.7 Å². The van der Waals surface area contributed by atoms with Crippen molar-refractivity contribution in [2.75, 3.05) is 13.7 Å². The Labute approximate surface area is 112 Å². The fraction of sp³-hybridized carbons (Fsp3) is 0.462. The average Bonchev–Trinajstić information content (AvgIpc) is 2.29. The number of benzene rings is 1. The molecule has 0 aliphatic heterocycles. The molecule has 1 aromatic carbocycles. The molecule has 0 radical (unpaired) electrons. The first-order valence-electron chi connectivity index (χ1n) is 5.79. The Morgan fingerprint density at radius 3 is 2.78 bits per heavy atom. The second-order valence-corrected chi connectivity index (χ2v) is 4.48. The van der Waals surface area contributed by atoms with E-state index >= 15 is 0 Å². The summed E-state index contributed by atoms with van der Waals surface area (Å²) in [4.78, 5) is 11.4. The van der Waals surface area contributed by atoms with Gasteiger partial charge in [0.1, 0.15) is 5.75 Å². The SMILES string of the molecule is CNCc1c(Cl)cccc1OCC(=O)OC(C)C. The quantitative estimate of drug-likeness (QED) is 0.807. The number of carbonyl (C=O) groups is 1. The van der Waals surface area contributed by atoms with Crippen molar-refractivity contribution in [3.8, 4) is 5.75 Å². The van der Waals surface area contributed by atoms with E-state index in [9.17, 15) is 4.79 Å². The molecule has 0 atom stereocenters. The normalized spacial score (nSPS) is 10.5. The van der Waals surface area contributed by atoms with Crippen LogP contribution in [0.5, 0.6) is 5.75 Å². The second kappa shape index (κ2) is 7.24. The van der Waals surface area contributed by atoms with Gasteiger partial charge in [0.2, 0.25) is 0 Å². The minimum atomic E-state index is -0.389. The molecule has 0 fully saturated rings. The molecule has 1 rings (SSSR count). The molecule has 0 aliphatic rings. The molecule has 4 nitrogen and oxygen atoms in total. The first-order chi connectivity index (χ1) is 8.54. The van der Waals surface area contributed by atoms with E-state index in [1.807, 2.05) is 7.05 Å². The van der Waals surface area contributed by atoms with Crippen molar-refractivity contribution in [3.05, 3.63) is 28.8 Å². The lowest BCUT2D eigenvalue weighted by atomic mass is 10.2. The van der Waals surface area contributed by atoms with Crippen LogP contribution in [0.25, 0.3) is 0 Å². The van der Waals surface area contributed by atoms with Crippen molar-refractivity contribution >= 4 is 17.6 Å². The zero-order chi connectivity index (χ0) is 13.5. The van der Waals surface area contributed by atoms with Crippen molar-refractivity contribution in [1.82, 2.24) is 5.32 Å². The zero-order valence-corrected chi connectivity index (χ0v) is 11.6. The number of hydrogen-bond acceptors (Lipinski definition) is 4. The molecule has 0 aliphatic carbocycles. The third kappa shape index (κ3) is 4.55. The van der Waals surface area contributed by atoms with Gasteiger partial charge in [-0.25, -0.2) is 4.79 Å². The number of nitrogens with one attached hydrogen (secondary N) is 1. The lowest BCUT2D eigenvalue weighted by Gasteiger charge is -2.13. The lowest BCUT2D eigenvalue weighted by Crippen LogP contribution is -2.19. The monoisotopic (exact) mass is 271 g/mol. The fourth-order valence-electron chi connectivity index (χ4n) is 1.46. The summed E-state index contributed by atoms with van der Waals surface area (Å²) in [7, 11) is 1.82. The Kier molecular flexibility index (Phi) is 5.95. The van der Waals surface area contributed by atoms with Crippen LogP contribution in [0.1, 0.15) is 19.4 Å². The summed E-state index contributed by atoms with van der Waals surface area (Å²) in [6.45, 7) is 4.05. The molecule has 0 heterocycles. The van der Waals surface area contributed by atoms with E-state index < -0.39 is 0 Å². The van der Waals surface area contributed by atoms with Gasteiger partial charge in [0.15, 0.2) is 6.61 Å². The van der Waals surface area contributed by atoms with Crippen molar-refractivity contribution in [2.24, 2.45) is 0 Å². The molecule has 1 aromatic rings. The average molecular weight is 272 g/mol. The van der Waals surface area contributed by atoms with Crippen LogP contribution in [0.3, 0.4) is 0 Å². The summed E-state index contributed by atoms with van der Waals surface area (Å²) in [5.41, 5.74) is 0.832. The van der Waals surface area contributed by atoms with Gasteiger partial charge in [-0.2, -0.15) is 0 Å². The van der Waals surface area contributed by atoms with Gasteiger partial charge in [0.25, 0.3) is 0 Å². The number of carbonyl (C=O) groups excluding carboxylic acids is 1. The van der Waals surface area contributed by atoms with Crippen molar-refractivity contribution in [1.29, 1.82) is 0 Å². The highest BCUT2D eigenvalue weighted by Crippen LogP contribution is 2.26. The summed E-state index contributed by atoms with van der Waals surface area (Å²) in [6, 6.07) is 5.35. The van der Waals surface area contributed by atoms with Crippen molar-refractivity contribution in [2.45, 2.75) is 26.5 Å². The van der Waals surface area contributed by atoms with Gasteiger partial charge in [-0.3, -0.25) is 0 Å². The number of esters is 1. The number of rotatable bonds is 6. The minimum absolute atomic E-state index is 0.116. The Morgan fingerprint density at radius 1 is 1.44 bits per heavy atom. The van der Waals surface area contributed by atoms with Gasteiger partial charge >= 0.3 is 5.97 Å². The van der Waals surface area contributed by atoms with Crippen molar-refractivity contribution in [3.63, 3.8) is 0 Å². The highest BCUT2D eigenvalue weighted by atomic mass is 35.5. The van der Waals surface area contributed by atoms with Crippen LogP contribution in [-0.2, 0) is 16.1 Å². The predicted molar refractivity (Wildman–Crippen MR) is 70.9 cm³/mol. The smallest absolute Gasteiger partial charge is 0.344 e. The second-order valence-electron chi connectivity index (χ2n) is 4.07. The summed E-state index contributed by atoms with van der Waals surface area (Å²) in [6.07, 6.45) is -0.141. The van der Waals surface area contributed by atoms with Gasteiger partial charge in [0, 0.05) is 17.1 Å². The van der Waals surface area contributed by atoms with Crippen LogP contribution in [0.15, 0.2) is 18.2 Å². The molecular weight excluding hydrogens is 254 g/mol. The molecule has 0 saturated heterocycles. The molecule has 1 N–H and O–H groups in total. The van der Waals surface area contributed by atoms with E-state index in [0.717, 1.165) is 5.56 Å². The summed E-state index contributed by atoms with van der Waals surface area (Å²) in [5.74, 6) is 0.206. The molecule has 0 amide bonds. The topological polar surface area (TPSA) is 47.6 Å².